The van der Waals surface area contributed by atoms with Crippen LogP contribution in [-0.4, -0.2) is 27.9 Å². The summed E-state index contributed by atoms with van der Waals surface area (Å²) in [5.74, 6) is -1.88. The van der Waals surface area contributed by atoms with E-state index in [-0.39, 0.29) is 16.3 Å². The topological polar surface area (TPSA) is 81.2 Å². The van der Waals surface area contributed by atoms with Crippen LogP contribution in [0.2, 0.25) is 5.02 Å². The van der Waals surface area contributed by atoms with Gasteiger partial charge in [-0.2, -0.15) is 0 Å². The van der Waals surface area contributed by atoms with Crippen molar-refractivity contribution in [2.45, 2.75) is 13.0 Å². The quantitative estimate of drug-likeness (QED) is 0.243. The molecule has 0 fully saturated rings. The lowest BCUT2D eigenvalue weighted by Crippen LogP contribution is -2.30. The number of esters is 1. The van der Waals surface area contributed by atoms with Gasteiger partial charge < -0.3 is 10.1 Å². The number of rotatable bonds is 6. The van der Waals surface area contributed by atoms with Crippen LogP contribution in [0.5, 0.6) is 0 Å². The van der Waals surface area contributed by atoms with Crippen LogP contribution in [0.4, 0.5) is 10.1 Å². The van der Waals surface area contributed by atoms with E-state index in [4.69, 9.17) is 26.3 Å². The second-order valence-electron chi connectivity index (χ2n) is 8.52. The first kappa shape index (κ1) is 25.0. The lowest BCUT2D eigenvalue weighted by molar-refractivity contribution is -0.123. The molecule has 1 N–H and O–H groups in total. The van der Waals surface area contributed by atoms with Gasteiger partial charge in [0.25, 0.3) is 5.91 Å². The SMILES string of the molecule is CC(OC(=O)c1ccc2nc(-c3ccccc3)c(-c3ccccc3)nc2c1)C(=O)Nc1ccc(F)c(Cl)c1. The maximum atomic E-state index is 13.4. The second-order valence-corrected chi connectivity index (χ2v) is 8.93. The molecule has 0 aliphatic rings. The summed E-state index contributed by atoms with van der Waals surface area (Å²) >= 11 is 5.76. The van der Waals surface area contributed by atoms with Gasteiger partial charge in [-0.15, -0.1) is 0 Å². The van der Waals surface area contributed by atoms with Gasteiger partial charge in [-0.1, -0.05) is 72.3 Å². The molecule has 0 spiro atoms. The molecule has 0 saturated carbocycles. The molecule has 0 aliphatic heterocycles. The lowest BCUT2D eigenvalue weighted by Gasteiger charge is -2.14. The summed E-state index contributed by atoms with van der Waals surface area (Å²) in [5, 5.41) is 2.42. The summed E-state index contributed by atoms with van der Waals surface area (Å²) in [6.07, 6.45) is -1.12. The molecule has 0 radical (unpaired) electrons. The van der Waals surface area contributed by atoms with Crippen LogP contribution >= 0.6 is 11.6 Å². The monoisotopic (exact) mass is 525 g/mol. The summed E-state index contributed by atoms with van der Waals surface area (Å²) in [7, 11) is 0. The largest absolute Gasteiger partial charge is 0.449 e. The first-order valence-corrected chi connectivity index (χ1v) is 12.2. The Morgan fingerprint density at radius 3 is 2.03 bits per heavy atom. The van der Waals surface area contributed by atoms with E-state index in [1.165, 1.54) is 19.1 Å². The van der Waals surface area contributed by atoms with Crippen molar-refractivity contribution in [2.75, 3.05) is 5.32 Å². The zero-order valence-corrected chi connectivity index (χ0v) is 20.9. The zero-order chi connectivity index (χ0) is 26.6. The Hall–Kier alpha value is -4.62. The summed E-state index contributed by atoms with van der Waals surface area (Å²) in [6.45, 7) is 1.44. The van der Waals surface area contributed by atoms with Crippen LogP contribution in [0.1, 0.15) is 17.3 Å². The second kappa shape index (κ2) is 10.8. The van der Waals surface area contributed by atoms with Gasteiger partial charge in [0.1, 0.15) is 5.82 Å². The van der Waals surface area contributed by atoms with Crippen LogP contribution in [-0.2, 0) is 9.53 Å². The third kappa shape index (κ3) is 5.38. The third-order valence-corrected chi connectivity index (χ3v) is 6.12. The number of benzene rings is 4. The first-order chi connectivity index (χ1) is 18.4. The van der Waals surface area contributed by atoms with Gasteiger partial charge in [-0.25, -0.2) is 19.2 Å². The fourth-order valence-corrected chi connectivity index (χ4v) is 4.06. The average molecular weight is 526 g/mol. The van der Waals surface area contributed by atoms with Crippen LogP contribution in [0.3, 0.4) is 0 Å². The fourth-order valence-electron chi connectivity index (χ4n) is 3.88. The number of ether oxygens (including phenoxy) is 1. The minimum absolute atomic E-state index is 0.130. The van der Waals surface area contributed by atoms with Gasteiger partial charge in [0.15, 0.2) is 6.10 Å². The molecule has 0 bridgehead atoms. The minimum atomic E-state index is -1.12. The van der Waals surface area contributed by atoms with Crippen molar-refractivity contribution in [3.8, 4) is 22.5 Å². The normalized spacial score (nSPS) is 11.7. The number of halogens is 2. The number of carbonyl (C=O) groups excluding carboxylic acids is 2. The van der Waals surface area contributed by atoms with E-state index in [0.717, 1.165) is 22.9 Å². The van der Waals surface area contributed by atoms with Gasteiger partial charge in [0, 0.05) is 16.8 Å². The van der Waals surface area contributed by atoms with Crippen molar-refractivity contribution in [1.29, 1.82) is 0 Å². The maximum Gasteiger partial charge on any atom is 0.338 e. The molecule has 1 amide bonds. The first-order valence-electron chi connectivity index (χ1n) is 11.8. The molecule has 188 valence electrons. The minimum Gasteiger partial charge on any atom is -0.449 e. The fraction of sp³-hybridized carbons (Fsp3) is 0.0667. The highest BCUT2D eigenvalue weighted by Crippen LogP contribution is 2.31. The molecule has 0 aliphatic carbocycles. The number of anilines is 1. The van der Waals surface area contributed by atoms with Crippen LogP contribution < -0.4 is 5.32 Å². The molecule has 8 heteroatoms. The summed E-state index contributed by atoms with van der Waals surface area (Å²) < 4.78 is 18.7. The summed E-state index contributed by atoms with van der Waals surface area (Å²) in [4.78, 5) is 35.1. The van der Waals surface area contributed by atoms with E-state index in [2.05, 4.69) is 5.32 Å². The Morgan fingerprint density at radius 2 is 1.42 bits per heavy atom. The number of aromatic nitrogens is 2. The smallest absolute Gasteiger partial charge is 0.338 e. The molecule has 5 rings (SSSR count). The molecule has 1 atom stereocenters. The van der Waals surface area contributed by atoms with E-state index < -0.39 is 23.8 Å². The molecule has 38 heavy (non-hydrogen) atoms. The van der Waals surface area contributed by atoms with Gasteiger partial charge in [0.05, 0.1) is 33.0 Å². The Kier molecular flexibility index (Phi) is 7.11. The zero-order valence-electron chi connectivity index (χ0n) is 20.2. The Labute approximate surface area is 223 Å². The predicted octanol–water partition coefficient (Wildman–Crippen LogP) is 6.94. The van der Waals surface area contributed by atoms with Crippen LogP contribution in [0.25, 0.3) is 33.5 Å². The number of hydrogen-bond acceptors (Lipinski definition) is 5. The van der Waals surface area contributed by atoms with E-state index >= 15 is 0 Å². The number of carbonyl (C=O) groups is 2. The van der Waals surface area contributed by atoms with E-state index in [0.29, 0.717) is 16.7 Å². The molecule has 1 unspecified atom stereocenters. The Bertz CT molecular complexity index is 1650. The van der Waals surface area contributed by atoms with Crippen LogP contribution in [0.15, 0.2) is 97.1 Å². The molecular weight excluding hydrogens is 505 g/mol. The van der Waals surface area contributed by atoms with Gasteiger partial charge >= 0.3 is 5.97 Å². The highest BCUT2D eigenvalue weighted by molar-refractivity contribution is 6.31. The average Bonchev–Trinajstić information content (AvgIpc) is 2.94. The molecule has 4 aromatic carbocycles. The number of amides is 1. The van der Waals surface area contributed by atoms with Crippen molar-refractivity contribution < 1.29 is 18.7 Å². The summed E-state index contributed by atoms with van der Waals surface area (Å²) in [5.41, 5.74) is 4.85. The highest BCUT2D eigenvalue weighted by Gasteiger charge is 2.21. The molecule has 0 saturated heterocycles. The van der Waals surface area contributed by atoms with Gasteiger partial charge in [0.2, 0.25) is 0 Å². The third-order valence-electron chi connectivity index (χ3n) is 5.83. The lowest BCUT2D eigenvalue weighted by atomic mass is 10.0. The van der Waals surface area contributed by atoms with E-state index in [9.17, 15) is 14.0 Å². The standard InChI is InChI=1S/C30H21ClFN3O3/c1-18(29(36)33-22-13-14-24(32)23(31)17-22)38-30(37)21-12-15-25-26(16-21)35-28(20-10-6-3-7-11-20)27(34-25)19-8-4-2-5-9-19/h2-18H,1H3,(H,33,36). The molecule has 1 heterocycles. The Morgan fingerprint density at radius 1 is 0.816 bits per heavy atom. The molecule has 1 aromatic heterocycles. The molecule has 5 aromatic rings. The van der Waals surface area contributed by atoms with Crippen molar-refractivity contribution in [3.63, 3.8) is 0 Å². The van der Waals surface area contributed by atoms with Crippen LogP contribution in [0, 0.1) is 5.82 Å². The summed E-state index contributed by atoms with van der Waals surface area (Å²) in [6, 6.07) is 28.1. The van der Waals surface area contributed by atoms with Crippen molar-refractivity contribution >= 4 is 40.2 Å². The predicted molar refractivity (Wildman–Crippen MR) is 145 cm³/mol. The van der Waals surface area contributed by atoms with E-state index in [1.54, 1.807) is 18.2 Å². The molecule has 6 nitrogen and oxygen atoms in total. The van der Waals surface area contributed by atoms with E-state index in [1.807, 2.05) is 60.7 Å². The number of nitrogens with zero attached hydrogens (tertiary/aromatic N) is 2. The van der Waals surface area contributed by atoms with Crippen molar-refractivity contribution in [3.05, 3.63) is 113 Å². The maximum absolute atomic E-state index is 13.4. The van der Waals surface area contributed by atoms with Crippen molar-refractivity contribution in [2.24, 2.45) is 0 Å². The van der Waals surface area contributed by atoms with Crippen molar-refractivity contribution in [1.82, 2.24) is 9.97 Å². The van der Waals surface area contributed by atoms with Gasteiger partial charge in [-0.05, 0) is 43.3 Å². The van der Waals surface area contributed by atoms with Gasteiger partial charge in [-0.3, -0.25) is 4.79 Å². The highest BCUT2D eigenvalue weighted by atomic mass is 35.5. The number of nitrogens with one attached hydrogen (secondary N) is 1. The number of fused-ring (bicyclic) bond motifs is 1. The Balaban J connectivity index is 1.41. The number of hydrogen-bond donors (Lipinski definition) is 1. The molecular formula is C30H21ClFN3O3.